The molecular weight excluding hydrogens is 194 g/mol. The van der Waals surface area contributed by atoms with E-state index in [1.54, 1.807) is 0 Å². The molecule has 2 aliphatic rings. The Labute approximate surface area is 89.4 Å². The molecule has 1 fully saturated rings. The molecule has 0 aromatic carbocycles. The first-order chi connectivity index (χ1) is 7.27. The van der Waals surface area contributed by atoms with Crippen molar-refractivity contribution in [3.05, 3.63) is 16.9 Å². The van der Waals surface area contributed by atoms with Crippen LogP contribution >= 0.6 is 0 Å². The molecule has 4 heteroatoms. The fourth-order valence-corrected chi connectivity index (χ4v) is 2.14. The average molecular weight is 211 g/mol. The van der Waals surface area contributed by atoms with Gasteiger partial charge in [-0.1, -0.05) is 6.08 Å². The molecule has 0 radical (unpaired) electrons. The second-order valence-electron chi connectivity index (χ2n) is 4.16. The van der Waals surface area contributed by atoms with Gasteiger partial charge < -0.3 is 15.1 Å². The summed E-state index contributed by atoms with van der Waals surface area (Å²) in [6, 6.07) is 0. The van der Waals surface area contributed by atoms with Crippen molar-refractivity contribution in [2.24, 2.45) is 5.92 Å². The van der Waals surface area contributed by atoms with Crippen LogP contribution in [0.4, 0.5) is 0 Å². The molecule has 1 unspecified atom stereocenters. The largest absolute Gasteiger partial charge is 0.624 e. The average Bonchev–Trinajstić information content (AvgIpc) is 2.29. The molecule has 0 aromatic heterocycles. The first-order valence-electron chi connectivity index (χ1n) is 5.52. The minimum absolute atomic E-state index is 0.243. The normalized spacial score (nSPS) is 25.7. The van der Waals surface area contributed by atoms with Crippen LogP contribution in [0.15, 0.2) is 11.6 Å². The zero-order chi connectivity index (χ0) is 10.7. The van der Waals surface area contributed by atoms with Gasteiger partial charge in [0.2, 0.25) is 0 Å². The predicted molar refractivity (Wildman–Crippen MR) is 56.8 cm³/mol. The Morgan fingerprint density at radius 3 is 2.87 bits per heavy atom. The maximum absolute atomic E-state index is 11.1. The van der Waals surface area contributed by atoms with Crippen molar-refractivity contribution in [2.45, 2.75) is 25.4 Å². The molecular formula is C11H17NO3. The van der Waals surface area contributed by atoms with Crippen LogP contribution in [0.3, 0.4) is 0 Å². The zero-order valence-corrected chi connectivity index (χ0v) is 8.76. The van der Waals surface area contributed by atoms with Gasteiger partial charge in [-0.3, -0.25) is 0 Å². The molecule has 4 nitrogen and oxygen atoms in total. The first kappa shape index (κ1) is 10.6. The Bertz CT molecular complexity index is 280. The Hall–Kier alpha value is -0.870. The molecule has 0 saturated carbocycles. The van der Waals surface area contributed by atoms with E-state index in [4.69, 9.17) is 4.74 Å². The minimum Gasteiger partial charge on any atom is -0.624 e. The quantitative estimate of drug-likeness (QED) is 0.540. The predicted octanol–water partition coefficient (Wildman–Crippen LogP) is 0.685. The fraction of sp³-hybridized carbons (Fsp3) is 0.727. The molecule has 2 heterocycles. The molecule has 0 bridgehead atoms. The van der Waals surface area contributed by atoms with Crippen LogP contribution in [0, 0.1) is 11.1 Å². The molecule has 2 rings (SSSR count). The lowest BCUT2D eigenvalue weighted by Gasteiger charge is -2.27. The molecule has 1 N–H and O–H groups in total. The van der Waals surface area contributed by atoms with Crippen molar-refractivity contribution in [3.8, 4) is 0 Å². The molecule has 1 atom stereocenters. The number of hydroxylamine groups is 1. The maximum Gasteiger partial charge on any atom is 0.180 e. The van der Waals surface area contributed by atoms with Gasteiger partial charge in [0.05, 0.1) is 6.10 Å². The van der Waals surface area contributed by atoms with Crippen molar-refractivity contribution in [3.63, 3.8) is 0 Å². The van der Waals surface area contributed by atoms with Crippen LogP contribution in [0.1, 0.15) is 19.3 Å². The highest BCUT2D eigenvalue weighted by Crippen LogP contribution is 2.23. The number of rotatable bonds is 2. The summed E-state index contributed by atoms with van der Waals surface area (Å²) in [5, 5.41) is 21.2. The third-order valence-corrected chi connectivity index (χ3v) is 3.08. The molecule has 1 saturated heterocycles. The molecule has 0 spiro atoms. The standard InChI is InChI=1S/C11H17NO3/c13-11(9-3-6-15-7-4-9)10-2-1-5-12(14)8-10/h2,8-9,11,13H,1,3-7H2. The van der Waals surface area contributed by atoms with E-state index < -0.39 is 6.10 Å². The van der Waals surface area contributed by atoms with Gasteiger partial charge in [-0.2, -0.15) is 0 Å². The SMILES string of the molecule is [O-][N+]1=CC(C(O)C2CCOCC2)=CCC1. The van der Waals surface area contributed by atoms with Gasteiger partial charge >= 0.3 is 0 Å². The number of nitrogens with zero attached hydrogens (tertiary/aromatic N) is 1. The Balaban J connectivity index is 2.00. The van der Waals surface area contributed by atoms with Gasteiger partial charge in [0.1, 0.15) is 0 Å². The summed E-state index contributed by atoms with van der Waals surface area (Å²) < 4.78 is 6.15. The van der Waals surface area contributed by atoms with Crippen LogP contribution in [0.2, 0.25) is 0 Å². The second kappa shape index (κ2) is 4.77. The Morgan fingerprint density at radius 2 is 2.20 bits per heavy atom. The monoisotopic (exact) mass is 211 g/mol. The summed E-state index contributed by atoms with van der Waals surface area (Å²) in [7, 11) is 0. The third-order valence-electron chi connectivity index (χ3n) is 3.08. The summed E-state index contributed by atoms with van der Waals surface area (Å²) in [5.41, 5.74) is 0.781. The van der Waals surface area contributed by atoms with Gasteiger partial charge in [0, 0.05) is 25.2 Å². The molecule has 0 aliphatic carbocycles. The van der Waals surface area contributed by atoms with Gasteiger partial charge in [0.25, 0.3) is 0 Å². The number of hydrogen-bond acceptors (Lipinski definition) is 3. The lowest BCUT2D eigenvalue weighted by Crippen LogP contribution is -2.31. The lowest BCUT2D eigenvalue weighted by molar-refractivity contribution is -0.453. The van der Waals surface area contributed by atoms with E-state index in [9.17, 15) is 10.3 Å². The van der Waals surface area contributed by atoms with E-state index >= 15 is 0 Å². The van der Waals surface area contributed by atoms with Crippen LogP contribution in [0.5, 0.6) is 0 Å². The molecule has 15 heavy (non-hydrogen) atoms. The Kier molecular flexibility index (Phi) is 3.38. The Morgan fingerprint density at radius 1 is 1.47 bits per heavy atom. The summed E-state index contributed by atoms with van der Waals surface area (Å²) in [6.45, 7) is 1.94. The van der Waals surface area contributed by atoms with Gasteiger partial charge in [-0.15, -0.1) is 0 Å². The number of aliphatic hydroxyl groups excluding tert-OH is 1. The minimum atomic E-state index is -0.495. The summed E-state index contributed by atoms with van der Waals surface area (Å²) in [6.07, 6.45) is 5.48. The van der Waals surface area contributed by atoms with E-state index in [1.807, 2.05) is 6.08 Å². The van der Waals surface area contributed by atoms with Crippen LogP contribution in [0.25, 0.3) is 0 Å². The molecule has 2 aliphatic heterocycles. The van der Waals surface area contributed by atoms with E-state index in [0.717, 1.165) is 42.8 Å². The maximum atomic E-state index is 11.1. The molecule has 0 aromatic rings. The highest BCUT2D eigenvalue weighted by molar-refractivity contribution is 5.76. The summed E-state index contributed by atoms with van der Waals surface area (Å²) in [4.78, 5) is 0. The number of ether oxygens (including phenoxy) is 1. The fourth-order valence-electron chi connectivity index (χ4n) is 2.14. The van der Waals surface area contributed by atoms with Gasteiger partial charge in [-0.25, -0.2) is 4.74 Å². The topological polar surface area (TPSA) is 55.5 Å². The second-order valence-corrected chi connectivity index (χ2v) is 4.16. The van der Waals surface area contributed by atoms with E-state index in [1.165, 1.54) is 6.21 Å². The highest BCUT2D eigenvalue weighted by atomic mass is 16.5. The van der Waals surface area contributed by atoms with Gasteiger partial charge in [0.15, 0.2) is 12.8 Å². The summed E-state index contributed by atoms with van der Waals surface area (Å²) in [5.74, 6) is 0.243. The van der Waals surface area contributed by atoms with Crippen LogP contribution in [-0.4, -0.2) is 41.9 Å². The third kappa shape index (κ3) is 2.58. The van der Waals surface area contributed by atoms with Crippen molar-refractivity contribution in [1.82, 2.24) is 0 Å². The number of aliphatic hydroxyl groups is 1. The van der Waals surface area contributed by atoms with E-state index in [0.29, 0.717) is 6.54 Å². The molecule has 0 amide bonds. The number of hydrogen-bond donors (Lipinski definition) is 1. The van der Waals surface area contributed by atoms with Crippen molar-refractivity contribution in [2.75, 3.05) is 19.8 Å². The van der Waals surface area contributed by atoms with Crippen molar-refractivity contribution < 1.29 is 14.6 Å². The van der Waals surface area contributed by atoms with Crippen LogP contribution < -0.4 is 0 Å². The van der Waals surface area contributed by atoms with E-state index in [-0.39, 0.29) is 5.92 Å². The summed E-state index contributed by atoms with van der Waals surface area (Å²) >= 11 is 0. The van der Waals surface area contributed by atoms with Crippen molar-refractivity contribution >= 4 is 6.21 Å². The van der Waals surface area contributed by atoms with E-state index in [2.05, 4.69) is 0 Å². The van der Waals surface area contributed by atoms with Crippen LogP contribution in [-0.2, 0) is 4.74 Å². The lowest BCUT2D eigenvalue weighted by atomic mass is 9.88. The molecule has 84 valence electrons. The highest BCUT2D eigenvalue weighted by Gasteiger charge is 2.26. The van der Waals surface area contributed by atoms with Gasteiger partial charge in [-0.05, 0) is 18.8 Å². The zero-order valence-electron chi connectivity index (χ0n) is 8.76. The first-order valence-corrected chi connectivity index (χ1v) is 5.52. The van der Waals surface area contributed by atoms with Crippen molar-refractivity contribution in [1.29, 1.82) is 0 Å². The smallest absolute Gasteiger partial charge is 0.180 e.